The molecule has 1 unspecified atom stereocenters. The third kappa shape index (κ3) is 10.2. The Balaban J connectivity index is 1.54. The standard InChI is InChI=1S/C38H49F2N7O8/c1-6-10-25(31(48)35(52)44-26(37(54)55)17-22-11-8-7-9-12-22)43-34(51)30-23-13-14-38(39,40)24(23)19-47(30)36(53)29(21(4)5)46-33(50)28(20(2)3)45-32(49)27-18-41-15-16-42-27/h7-9,11-12,15-16,18,20-21,23-26,28-30H,6,10,13-14,17,19H2,1-5H3,(H,43,51)(H,44,52)(H,45,49)(H,46,50)(H,54,55)/t23-,24-,25?,26-,28-,29-,30-/m0/s1. The molecule has 0 spiro atoms. The van der Waals surface area contributed by atoms with Crippen molar-refractivity contribution in [1.29, 1.82) is 0 Å². The normalized spacial score (nSPS) is 20.8. The van der Waals surface area contributed by atoms with Crippen LogP contribution in [0.5, 0.6) is 0 Å². The number of likely N-dealkylation sites (tertiary alicyclic amines) is 1. The highest BCUT2D eigenvalue weighted by Gasteiger charge is 2.61. The summed E-state index contributed by atoms with van der Waals surface area (Å²) in [5.41, 5.74) is 0.555. The molecule has 55 heavy (non-hydrogen) atoms. The molecule has 5 amide bonds. The van der Waals surface area contributed by atoms with Gasteiger partial charge in [0.15, 0.2) is 0 Å². The number of rotatable bonds is 17. The fourth-order valence-electron chi connectivity index (χ4n) is 7.18. The number of carboxylic acid groups (broad SMARTS) is 1. The number of amides is 5. The monoisotopic (exact) mass is 769 g/mol. The lowest BCUT2D eigenvalue weighted by atomic mass is 9.91. The second-order valence-electron chi connectivity index (χ2n) is 14.8. The number of benzene rings is 1. The van der Waals surface area contributed by atoms with Crippen molar-refractivity contribution in [2.45, 2.75) is 103 Å². The van der Waals surface area contributed by atoms with Crippen LogP contribution in [0.15, 0.2) is 48.9 Å². The average Bonchev–Trinajstić information content (AvgIpc) is 3.68. The van der Waals surface area contributed by atoms with Crippen molar-refractivity contribution in [3.8, 4) is 0 Å². The van der Waals surface area contributed by atoms with E-state index in [1.54, 1.807) is 65.0 Å². The summed E-state index contributed by atoms with van der Waals surface area (Å²) in [5.74, 6) is -13.5. The second kappa shape index (κ2) is 18.3. The smallest absolute Gasteiger partial charge is 0.326 e. The first kappa shape index (κ1) is 42.4. The van der Waals surface area contributed by atoms with Gasteiger partial charge in [-0.15, -0.1) is 0 Å². The van der Waals surface area contributed by atoms with Gasteiger partial charge in [0.1, 0.15) is 29.9 Å². The van der Waals surface area contributed by atoms with Crippen LogP contribution in [0.25, 0.3) is 0 Å². The molecule has 2 heterocycles. The van der Waals surface area contributed by atoms with Gasteiger partial charge in [0.25, 0.3) is 17.7 Å². The van der Waals surface area contributed by atoms with E-state index in [0.717, 1.165) is 4.90 Å². The molecule has 4 rings (SSSR count). The van der Waals surface area contributed by atoms with Crippen LogP contribution < -0.4 is 21.3 Å². The number of nitrogens with one attached hydrogen (secondary N) is 4. The Morgan fingerprint density at radius 1 is 0.909 bits per heavy atom. The van der Waals surface area contributed by atoms with E-state index in [-0.39, 0.29) is 25.0 Å². The number of aliphatic carboxylic acids is 1. The van der Waals surface area contributed by atoms with Crippen LogP contribution in [0.2, 0.25) is 0 Å². The number of carbonyl (C=O) groups is 7. The van der Waals surface area contributed by atoms with Crippen molar-refractivity contribution in [3.63, 3.8) is 0 Å². The Morgan fingerprint density at radius 3 is 2.16 bits per heavy atom. The number of hydrogen-bond donors (Lipinski definition) is 5. The van der Waals surface area contributed by atoms with Gasteiger partial charge in [-0.25, -0.2) is 18.6 Å². The molecule has 5 N–H and O–H groups in total. The number of carbonyl (C=O) groups excluding carboxylic acids is 6. The Labute approximate surface area is 317 Å². The van der Waals surface area contributed by atoms with Crippen LogP contribution in [0.1, 0.15) is 76.4 Å². The van der Waals surface area contributed by atoms with E-state index in [9.17, 15) is 38.7 Å². The highest BCUT2D eigenvalue weighted by atomic mass is 19.3. The minimum absolute atomic E-state index is 0.0398. The first-order chi connectivity index (χ1) is 26.0. The van der Waals surface area contributed by atoms with Gasteiger partial charge in [-0.2, -0.15) is 0 Å². The van der Waals surface area contributed by atoms with E-state index in [1.165, 1.54) is 18.6 Å². The molecule has 1 saturated carbocycles. The first-order valence-electron chi connectivity index (χ1n) is 18.4. The topological polar surface area (TPSA) is 217 Å². The van der Waals surface area contributed by atoms with E-state index in [1.807, 2.05) is 0 Å². The quantitative estimate of drug-likeness (QED) is 0.147. The number of fused-ring (bicyclic) bond motifs is 1. The van der Waals surface area contributed by atoms with Gasteiger partial charge in [0.05, 0.1) is 12.2 Å². The summed E-state index contributed by atoms with van der Waals surface area (Å²) >= 11 is 0. The Bertz CT molecular complexity index is 1730. The maximum Gasteiger partial charge on any atom is 0.326 e. The van der Waals surface area contributed by atoms with E-state index in [0.29, 0.717) is 12.0 Å². The largest absolute Gasteiger partial charge is 0.480 e. The molecule has 2 aliphatic rings. The van der Waals surface area contributed by atoms with Crippen LogP contribution in [-0.4, -0.2) is 104 Å². The number of carboxylic acids is 1. The van der Waals surface area contributed by atoms with Crippen molar-refractivity contribution in [2.75, 3.05) is 6.54 Å². The molecular formula is C38H49F2N7O8. The first-order valence-corrected chi connectivity index (χ1v) is 18.4. The minimum Gasteiger partial charge on any atom is -0.480 e. The van der Waals surface area contributed by atoms with Gasteiger partial charge in [-0.1, -0.05) is 71.4 Å². The minimum atomic E-state index is -3.20. The number of aromatic nitrogens is 2. The summed E-state index contributed by atoms with van der Waals surface area (Å²) in [6.45, 7) is 7.80. The van der Waals surface area contributed by atoms with Gasteiger partial charge in [-0.3, -0.25) is 33.8 Å². The van der Waals surface area contributed by atoms with Crippen molar-refractivity contribution in [1.82, 2.24) is 36.1 Å². The molecule has 1 aliphatic heterocycles. The van der Waals surface area contributed by atoms with E-state index < -0.39 is 114 Å². The van der Waals surface area contributed by atoms with E-state index in [2.05, 4.69) is 31.2 Å². The number of halogens is 2. The Hall–Kier alpha value is -5.35. The zero-order valence-electron chi connectivity index (χ0n) is 31.5. The lowest BCUT2D eigenvalue weighted by Crippen LogP contribution is -2.60. The zero-order valence-corrected chi connectivity index (χ0v) is 31.5. The third-order valence-corrected chi connectivity index (χ3v) is 10.1. The van der Waals surface area contributed by atoms with E-state index >= 15 is 8.78 Å². The van der Waals surface area contributed by atoms with Gasteiger partial charge in [-0.05, 0) is 36.2 Å². The number of alkyl halides is 2. The lowest BCUT2D eigenvalue weighted by Gasteiger charge is -2.34. The molecule has 0 bridgehead atoms. The summed E-state index contributed by atoms with van der Waals surface area (Å²) in [6.07, 6.45) is 3.44. The molecule has 2 aromatic rings. The molecule has 0 radical (unpaired) electrons. The third-order valence-electron chi connectivity index (χ3n) is 10.1. The number of nitrogens with zero attached hydrogens (tertiary/aromatic N) is 3. The molecule has 15 nitrogen and oxygen atoms in total. The maximum atomic E-state index is 15.2. The molecule has 1 aliphatic carbocycles. The van der Waals surface area contributed by atoms with Crippen molar-refractivity contribution in [3.05, 3.63) is 60.2 Å². The molecule has 1 aromatic heterocycles. The van der Waals surface area contributed by atoms with Gasteiger partial charge >= 0.3 is 5.97 Å². The number of Topliss-reactive ketones (excluding diaryl/α,β-unsaturated/α-hetero) is 1. The van der Waals surface area contributed by atoms with Gasteiger partial charge < -0.3 is 31.3 Å². The summed E-state index contributed by atoms with van der Waals surface area (Å²) in [5, 5.41) is 19.7. The molecule has 1 saturated heterocycles. The highest BCUT2D eigenvalue weighted by Crippen LogP contribution is 2.51. The predicted molar refractivity (Wildman–Crippen MR) is 193 cm³/mol. The average molecular weight is 770 g/mol. The molecular weight excluding hydrogens is 720 g/mol. The Kier molecular flexibility index (Phi) is 14.1. The summed E-state index contributed by atoms with van der Waals surface area (Å²) in [4.78, 5) is 102. The van der Waals surface area contributed by atoms with Crippen LogP contribution in [0.4, 0.5) is 8.78 Å². The molecule has 298 valence electrons. The van der Waals surface area contributed by atoms with Crippen LogP contribution in [-0.2, 0) is 35.2 Å². The maximum absolute atomic E-state index is 15.2. The van der Waals surface area contributed by atoms with Crippen LogP contribution in [0.3, 0.4) is 0 Å². The number of ketones is 1. The summed E-state index contributed by atoms with van der Waals surface area (Å²) in [7, 11) is 0. The lowest BCUT2D eigenvalue weighted by molar-refractivity contribution is -0.146. The molecule has 7 atom stereocenters. The fourth-order valence-corrected chi connectivity index (χ4v) is 7.18. The van der Waals surface area contributed by atoms with Gasteiger partial charge in [0, 0.05) is 37.7 Å². The molecule has 1 aromatic carbocycles. The van der Waals surface area contributed by atoms with Crippen molar-refractivity contribution >= 4 is 41.3 Å². The van der Waals surface area contributed by atoms with Crippen LogP contribution in [0, 0.1) is 23.7 Å². The van der Waals surface area contributed by atoms with Crippen molar-refractivity contribution in [2.24, 2.45) is 23.7 Å². The zero-order chi connectivity index (χ0) is 40.6. The molecule has 17 heteroatoms. The fraction of sp³-hybridized carbons (Fsp3) is 0.553. The van der Waals surface area contributed by atoms with E-state index in [4.69, 9.17) is 0 Å². The van der Waals surface area contributed by atoms with Gasteiger partial charge in [0.2, 0.25) is 23.5 Å². The highest BCUT2D eigenvalue weighted by molar-refractivity contribution is 6.38. The Morgan fingerprint density at radius 2 is 1.58 bits per heavy atom. The van der Waals surface area contributed by atoms with Crippen molar-refractivity contribution < 1.29 is 47.4 Å². The predicted octanol–water partition coefficient (Wildman–Crippen LogP) is 1.91. The summed E-state index contributed by atoms with van der Waals surface area (Å²) < 4.78 is 30.4. The number of hydrogen-bond acceptors (Lipinski definition) is 9. The SMILES string of the molecule is CCCC(NC(=O)[C@@H]1[C@H]2CCC(F)(F)[C@H]2CN1C(=O)[C@@H](NC(=O)[C@@H](NC(=O)c1cnccn1)C(C)C)C(C)C)C(=O)C(=O)N[C@@H](Cc1ccccc1)C(=O)O. The summed E-state index contributed by atoms with van der Waals surface area (Å²) in [6, 6.07) is 1.63. The second-order valence-corrected chi connectivity index (χ2v) is 14.8. The molecule has 2 fully saturated rings. The van der Waals surface area contributed by atoms with Crippen LogP contribution >= 0.6 is 0 Å².